The summed E-state index contributed by atoms with van der Waals surface area (Å²) in [7, 11) is 1.31. The molecule has 8 heteroatoms. The van der Waals surface area contributed by atoms with Crippen molar-refractivity contribution in [2.75, 3.05) is 33.3 Å². The molecule has 2 aromatic rings. The molecule has 1 aliphatic heterocycles. The number of nitrogens with zero attached hydrogens (tertiary/aromatic N) is 2. The Labute approximate surface area is 230 Å². The Hall–Kier alpha value is -3.16. The number of carbonyl (C=O) groups excluding carboxylic acids is 3. The normalized spacial score (nSPS) is 16.9. The van der Waals surface area contributed by atoms with Gasteiger partial charge in [-0.25, -0.2) is 4.79 Å². The fourth-order valence-electron chi connectivity index (χ4n) is 4.70. The van der Waals surface area contributed by atoms with E-state index < -0.39 is 23.7 Å². The number of esters is 1. The van der Waals surface area contributed by atoms with Crippen LogP contribution in [0.4, 0.5) is 0 Å². The molecule has 1 amide bonds. The van der Waals surface area contributed by atoms with E-state index in [1.807, 2.05) is 0 Å². The summed E-state index contributed by atoms with van der Waals surface area (Å²) in [4.78, 5) is 42.4. The van der Waals surface area contributed by atoms with Gasteiger partial charge in [-0.05, 0) is 80.9 Å². The van der Waals surface area contributed by atoms with E-state index in [0.717, 1.165) is 45.3 Å². The third kappa shape index (κ3) is 7.03. The third-order valence-electron chi connectivity index (χ3n) is 6.83. The Balaban J connectivity index is 1.94. The highest BCUT2D eigenvalue weighted by atomic mass is 35.5. The molecule has 0 radical (unpaired) electrons. The lowest BCUT2D eigenvalue weighted by Crippen LogP contribution is -2.34. The lowest BCUT2D eigenvalue weighted by molar-refractivity contribution is -0.140. The van der Waals surface area contributed by atoms with Crippen molar-refractivity contribution in [1.29, 1.82) is 0 Å². The van der Waals surface area contributed by atoms with Crippen LogP contribution in [0.25, 0.3) is 5.76 Å². The van der Waals surface area contributed by atoms with Crippen LogP contribution in [0.2, 0.25) is 5.02 Å². The standard InChI is InChI=1S/C30H37ClN2O5/c1-4-6-17-32(18-7-5-2)19-8-20-33-26(21-9-11-23(12-10-21)30(37)38-3)25(28(35)29(33)36)27(34)22-13-15-24(31)16-14-22/h9-16,26,34H,4-8,17-20H2,1-3H3. The quantitative estimate of drug-likeness (QED) is 0.149. The molecule has 1 heterocycles. The third-order valence-corrected chi connectivity index (χ3v) is 7.09. The van der Waals surface area contributed by atoms with Crippen LogP contribution in [0.5, 0.6) is 0 Å². The van der Waals surface area contributed by atoms with E-state index >= 15 is 0 Å². The highest BCUT2D eigenvalue weighted by Gasteiger charge is 2.45. The fraction of sp³-hybridized carbons (Fsp3) is 0.433. The number of aliphatic hydroxyl groups is 1. The van der Waals surface area contributed by atoms with E-state index in [4.69, 9.17) is 16.3 Å². The first kappa shape index (κ1) is 29.4. The zero-order valence-electron chi connectivity index (χ0n) is 22.4. The minimum absolute atomic E-state index is 0.0250. The Morgan fingerprint density at radius 1 is 0.921 bits per heavy atom. The van der Waals surface area contributed by atoms with Crippen LogP contribution in [0.3, 0.4) is 0 Å². The molecule has 0 bridgehead atoms. The molecule has 0 aliphatic carbocycles. The summed E-state index contributed by atoms with van der Waals surface area (Å²) >= 11 is 6.01. The van der Waals surface area contributed by atoms with Crippen molar-refractivity contribution in [2.24, 2.45) is 0 Å². The van der Waals surface area contributed by atoms with E-state index in [9.17, 15) is 19.5 Å². The Morgan fingerprint density at radius 3 is 2.03 bits per heavy atom. The number of benzene rings is 2. The average molecular weight is 541 g/mol. The van der Waals surface area contributed by atoms with Gasteiger partial charge in [0.25, 0.3) is 11.7 Å². The van der Waals surface area contributed by atoms with Crippen molar-refractivity contribution in [3.8, 4) is 0 Å². The highest BCUT2D eigenvalue weighted by Crippen LogP contribution is 2.39. The average Bonchev–Trinajstić information content (AvgIpc) is 3.18. The van der Waals surface area contributed by atoms with E-state index in [-0.39, 0.29) is 11.3 Å². The lowest BCUT2D eigenvalue weighted by Gasteiger charge is -2.27. The summed E-state index contributed by atoms with van der Waals surface area (Å²) in [6.07, 6.45) is 5.15. The van der Waals surface area contributed by atoms with Crippen LogP contribution in [-0.4, -0.2) is 65.9 Å². The molecule has 1 fully saturated rings. The Bertz CT molecular complexity index is 1140. The Kier molecular flexibility index (Phi) is 10.9. The molecular weight excluding hydrogens is 504 g/mol. The molecule has 0 saturated carbocycles. The first-order valence-electron chi connectivity index (χ1n) is 13.3. The minimum atomic E-state index is -0.780. The van der Waals surface area contributed by atoms with Crippen LogP contribution in [0.15, 0.2) is 54.1 Å². The van der Waals surface area contributed by atoms with Crippen molar-refractivity contribution in [3.63, 3.8) is 0 Å². The van der Waals surface area contributed by atoms with E-state index in [2.05, 4.69) is 18.7 Å². The topological polar surface area (TPSA) is 87.2 Å². The van der Waals surface area contributed by atoms with Gasteiger partial charge in [0.1, 0.15) is 5.76 Å². The molecule has 1 unspecified atom stereocenters. The molecule has 1 N–H and O–H groups in total. The minimum Gasteiger partial charge on any atom is -0.507 e. The predicted octanol–water partition coefficient (Wildman–Crippen LogP) is 5.84. The van der Waals surface area contributed by atoms with Gasteiger partial charge in [-0.2, -0.15) is 0 Å². The van der Waals surface area contributed by atoms with Crippen LogP contribution >= 0.6 is 11.6 Å². The zero-order chi connectivity index (χ0) is 27.7. The maximum Gasteiger partial charge on any atom is 0.337 e. The van der Waals surface area contributed by atoms with Crippen LogP contribution in [0.1, 0.15) is 73.5 Å². The van der Waals surface area contributed by atoms with Gasteiger partial charge in [0, 0.05) is 17.1 Å². The summed E-state index contributed by atoms with van der Waals surface area (Å²) in [5.41, 5.74) is 1.40. The number of likely N-dealkylation sites (tertiary alicyclic amines) is 1. The number of unbranched alkanes of at least 4 members (excludes halogenated alkanes) is 2. The Morgan fingerprint density at radius 2 is 1.47 bits per heavy atom. The number of aliphatic hydroxyl groups excluding tert-OH is 1. The molecule has 3 rings (SSSR count). The zero-order valence-corrected chi connectivity index (χ0v) is 23.2. The SMILES string of the molecule is CCCCN(CCCC)CCCN1C(=O)C(=O)C(=C(O)c2ccc(Cl)cc2)C1c1ccc(C(=O)OC)cc1. The second-order valence-corrected chi connectivity index (χ2v) is 9.95. The molecule has 2 aromatic carbocycles. The monoisotopic (exact) mass is 540 g/mol. The van der Waals surface area contributed by atoms with Crippen LogP contribution in [-0.2, 0) is 14.3 Å². The largest absolute Gasteiger partial charge is 0.507 e. The van der Waals surface area contributed by atoms with Gasteiger partial charge in [-0.3, -0.25) is 9.59 Å². The molecule has 204 valence electrons. The van der Waals surface area contributed by atoms with Gasteiger partial charge in [-0.15, -0.1) is 0 Å². The number of carbonyl (C=O) groups is 3. The molecule has 0 spiro atoms. The molecule has 1 aliphatic rings. The van der Waals surface area contributed by atoms with Gasteiger partial charge in [-0.1, -0.05) is 50.4 Å². The van der Waals surface area contributed by atoms with Gasteiger partial charge in [0.05, 0.1) is 24.3 Å². The van der Waals surface area contributed by atoms with Crippen molar-refractivity contribution < 1.29 is 24.2 Å². The first-order valence-corrected chi connectivity index (χ1v) is 13.6. The van der Waals surface area contributed by atoms with Crippen LogP contribution < -0.4 is 0 Å². The maximum atomic E-state index is 13.3. The van der Waals surface area contributed by atoms with Crippen molar-refractivity contribution >= 4 is 35.0 Å². The van der Waals surface area contributed by atoms with Crippen molar-refractivity contribution in [1.82, 2.24) is 9.80 Å². The molecule has 0 aromatic heterocycles. The summed E-state index contributed by atoms with van der Waals surface area (Å²) < 4.78 is 4.79. The summed E-state index contributed by atoms with van der Waals surface area (Å²) in [6, 6.07) is 12.3. The molecular formula is C30H37ClN2O5. The molecule has 7 nitrogen and oxygen atoms in total. The number of ketones is 1. The maximum absolute atomic E-state index is 13.3. The summed E-state index contributed by atoms with van der Waals surface area (Å²) in [5.74, 6) is -2.10. The van der Waals surface area contributed by atoms with Gasteiger partial charge in [0.2, 0.25) is 0 Å². The molecule has 38 heavy (non-hydrogen) atoms. The summed E-state index contributed by atoms with van der Waals surface area (Å²) in [5, 5.41) is 11.7. The number of rotatable bonds is 13. The first-order chi connectivity index (χ1) is 18.3. The number of ether oxygens (including phenoxy) is 1. The highest BCUT2D eigenvalue weighted by molar-refractivity contribution is 6.46. The van der Waals surface area contributed by atoms with Crippen molar-refractivity contribution in [2.45, 2.75) is 52.0 Å². The number of halogens is 1. The molecule has 1 atom stereocenters. The van der Waals surface area contributed by atoms with Crippen LogP contribution in [0, 0.1) is 0 Å². The van der Waals surface area contributed by atoms with Gasteiger partial charge >= 0.3 is 5.97 Å². The lowest BCUT2D eigenvalue weighted by atomic mass is 9.94. The number of Topliss-reactive ketones (excluding diaryl/α,β-unsaturated/α-hetero) is 1. The number of hydrogen-bond donors (Lipinski definition) is 1. The van der Waals surface area contributed by atoms with E-state index in [0.29, 0.717) is 34.7 Å². The number of methoxy groups -OCH3 is 1. The van der Waals surface area contributed by atoms with Gasteiger partial charge < -0.3 is 19.6 Å². The second-order valence-electron chi connectivity index (χ2n) is 9.52. The van der Waals surface area contributed by atoms with Gasteiger partial charge in [0.15, 0.2) is 0 Å². The van der Waals surface area contributed by atoms with E-state index in [1.54, 1.807) is 48.5 Å². The second kappa shape index (κ2) is 14.1. The smallest absolute Gasteiger partial charge is 0.337 e. The van der Waals surface area contributed by atoms with Crippen molar-refractivity contribution in [3.05, 3.63) is 75.8 Å². The number of amides is 1. The number of hydrogen-bond acceptors (Lipinski definition) is 6. The predicted molar refractivity (Wildman–Crippen MR) is 149 cm³/mol. The fourth-order valence-corrected chi connectivity index (χ4v) is 4.83. The van der Waals surface area contributed by atoms with E-state index in [1.165, 1.54) is 12.0 Å². The summed E-state index contributed by atoms with van der Waals surface area (Å²) in [6.45, 7) is 7.52. The molecule has 1 saturated heterocycles.